The van der Waals surface area contributed by atoms with Crippen LogP contribution in [0.1, 0.15) is 35.7 Å². The minimum absolute atomic E-state index is 0.0851. The molecule has 0 aliphatic heterocycles. The molecule has 2 rings (SSSR count). The van der Waals surface area contributed by atoms with Crippen molar-refractivity contribution in [2.45, 2.75) is 25.8 Å². The van der Waals surface area contributed by atoms with Gasteiger partial charge in [-0.1, -0.05) is 24.0 Å². The van der Waals surface area contributed by atoms with E-state index >= 15 is 0 Å². The maximum atomic E-state index is 12.5. The Bertz CT molecular complexity index is 495. The van der Waals surface area contributed by atoms with Gasteiger partial charge in [0.05, 0.1) is 12.1 Å². The maximum absolute atomic E-state index is 12.5. The second-order valence-electron chi connectivity index (χ2n) is 4.37. The van der Waals surface area contributed by atoms with Crippen LogP contribution in [0.15, 0.2) is 24.3 Å². The molecule has 1 aliphatic carbocycles. The van der Waals surface area contributed by atoms with Crippen LogP contribution in [0, 0.1) is 11.8 Å². The summed E-state index contributed by atoms with van der Waals surface area (Å²) in [5, 5.41) is 0. The van der Waals surface area contributed by atoms with Gasteiger partial charge in [0.15, 0.2) is 0 Å². The smallest absolute Gasteiger partial charge is 0.255 e. The SMILES string of the molecule is CCN(C(=O)c1ccccc1C#CCN)C1CC1. The second-order valence-corrected chi connectivity index (χ2v) is 4.37. The van der Waals surface area contributed by atoms with E-state index in [0.29, 0.717) is 18.2 Å². The maximum Gasteiger partial charge on any atom is 0.255 e. The van der Waals surface area contributed by atoms with Gasteiger partial charge >= 0.3 is 0 Å². The van der Waals surface area contributed by atoms with Gasteiger partial charge in [-0.15, -0.1) is 0 Å². The van der Waals surface area contributed by atoms with Crippen molar-refractivity contribution in [2.24, 2.45) is 5.73 Å². The van der Waals surface area contributed by atoms with Crippen molar-refractivity contribution in [1.82, 2.24) is 4.90 Å². The predicted octanol–water partition coefficient (Wildman–Crippen LogP) is 1.62. The van der Waals surface area contributed by atoms with Crippen molar-refractivity contribution in [2.75, 3.05) is 13.1 Å². The molecule has 0 bridgehead atoms. The summed E-state index contributed by atoms with van der Waals surface area (Å²) >= 11 is 0. The summed E-state index contributed by atoms with van der Waals surface area (Å²) in [4.78, 5) is 14.4. The first-order valence-corrected chi connectivity index (χ1v) is 6.36. The Morgan fingerprint density at radius 2 is 2.17 bits per heavy atom. The Balaban J connectivity index is 2.28. The monoisotopic (exact) mass is 242 g/mol. The summed E-state index contributed by atoms with van der Waals surface area (Å²) in [6.07, 6.45) is 2.24. The molecule has 94 valence electrons. The van der Waals surface area contributed by atoms with E-state index in [1.807, 2.05) is 36.1 Å². The van der Waals surface area contributed by atoms with E-state index in [4.69, 9.17) is 5.73 Å². The molecular weight excluding hydrogens is 224 g/mol. The van der Waals surface area contributed by atoms with E-state index in [1.54, 1.807) is 0 Å². The van der Waals surface area contributed by atoms with Crippen LogP contribution in [0.5, 0.6) is 0 Å². The van der Waals surface area contributed by atoms with Crippen LogP contribution in [0.25, 0.3) is 0 Å². The number of carbonyl (C=O) groups excluding carboxylic acids is 1. The summed E-state index contributed by atoms with van der Waals surface area (Å²) in [6.45, 7) is 3.08. The summed E-state index contributed by atoms with van der Waals surface area (Å²) in [7, 11) is 0. The van der Waals surface area contributed by atoms with Crippen molar-refractivity contribution < 1.29 is 4.79 Å². The van der Waals surface area contributed by atoms with Crippen molar-refractivity contribution in [3.05, 3.63) is 35.4 Å². The third-order valence-corrected chi connectivity index (χ3v) is 3.07. The highest BCUT2D eigenvalue weighted by Crippen LogP contribution is 2.28. The van der Waals surface area contributed by atoms with Crippen LogP contribution >= 0.6 is 0 Å². The van der Waals surface area contributed by atoms with Crippen molar-refractivity contribution in [3.63, 3.8) is 0 Å². The van der Waals surface area contributed by atoms with Gasteiger partial charge in [0.25, 0.3) is 5.91 Å². The lowest BCUT2D eigenvalue weighted by Gasteiger charge is -2.21. The van der Waals surface area contributed by atoms with E-state index in [-0.39, 0.29) is 5.91 Å². The van der Waals surface area contributed by atoms with Gasteiger partial charge < -0.3 is 10.6 Å². The average molecular weight is 242 g/mol. The van der Waals surface area contributed by atoms with Gasteiger partial charge in [-0.3, -0.25) is 4.79 Å². The molecule has 0 spiro atoms. The highest BCUT2D eigenvalue weighted by atomic mass is 16.2. The van der Waals surface area contributed by atoms with Crippen LogP contribution in [0.4, 0.5) is 0 Å². The number of carbonyl (C=O) groups is 1. The average Bonchev–Trinajstić information content (AvgIpc) is 3.22. The third-order valence-electron chi connectivity index (χ3n) is 3.07. The molecule has 1 aliphatic rings. The zero-order chi connectivity index (χ0) is 13.0. The van der Waals surface area contributed by atoms with Gasteiger partial charge in [0.1, 0.15) is 0 Å². The fourth-order valence-corrected chi connectivity index (χ4v) is 2.03. The van der Waals surface area contributed by atoms with Crippen molar-refractivity contribution in [3.8, 4) is 11.8 Å². The quantitative estimate of drug-likeness (QED) is 0.819. The molecule has 2 N–H and O–H groups in total. The fourth-order valence-electron chi connectivity index (χ4n) is 2.03. The lowest BCUT2D eigenvalue weighted by atomic mass is 10.1. The molecular formula is C15H18N2O. The summed E-state index contributed by atoms with van der Waals surface area (Å²) in [6, 6.07) is 7.91. The first-order valence-electron chi connectivity index (χ1n) is 6.36. The molecule has 0 radical (unpaired) electrons. The Kier molecular flexibility index (Phi) is 4.01. The lowest BCUT2D eigenvalue weighted by Crippen LogP contribution is -2.33. The van der Waals surface area contributed by atoms with Crippen molar-refractivity contribution in [1.29, 1.82) is 0 Å². The molecule has 0 unspecified atom stereocenters. The minimum Gasteiger partial charge on any atom is -0.336 e. The molecule has 1 aromatic rings. The summed E-state index contributed by atoms with van der Waals surface area (Å²) < 4.78 is 0. The van der Waals surface area contributed by atoms with E-state index < -0.39 is 0 Å². The van der Waals surface area contributed by atoms with Gasteiger partial charge in [-0.25, -0.2) is 0 Å². The number of hydrogen-bond acceptors (Lipinski definition) is 2. The molecule has 0 atom stereocenters. The first kappa shape index (κ1) is 12.7. The number of benzene rings is 1. The Morgan fingerprint density at radius 3 is 2.78 bits per heavy atom. The highest BCUT2D eigenvalue weighted by molar-refractivity contribution is 5.97. The van der Waals surface area contributed by atoms with E-state index in [9.17, 15) is 4.79 Å². The topological polar surface area (TPSA) is 46.3 Å². The molecule has 1 saturated carbocycles. The van der Waals surface area contributed by atoms with Gasteiger partial charge in [0, 0.05) is 18.2 Å². The van der Waals surface area contributed by atoms with E-state index in [2.05, 4.69) is 11.8 Å². The number of amides is 1. The van der Waals surface area contributed by atoms with Crippen LogP contribution in [0.2, 0.25) is 0 Å². The molecule has 1 aromatic carbocycles. The minimum atomic E-state index is 0.0851. The molecule has 1 amide bonds. The molecule has 3 nitrogen and oxygen atoms in total. The number of nitrogens with zero attached hydrogens (tertiary/aromatic N) is 1. The molecule has 0 aromatic heterocycles. The number of hydrogen-bond donors (Lipinski definition) is 1. The van der Waals surface area contributed by atoms with E-state index in [0.717, 1.165) is 24.9 Å². The van der Waals surface area contributed by atoms with Crippen LogP contribution in [-0.4, -0.2) is 29.9 Å². The first-order chi connectivity index (χ1) is 8.77. The zero-order valence-corrected chi connectivity index (χ0v) is 10.6. The number of nitrogens with two attached hydrogens (primary N) is 1. The normalized spacial score (nSPS) is 13.7. The standard InChI is InChI=1S/C15H18N2O/c1-2-17(13-9-10-13)15(18)14-8-4-3-6-12(14)7-5-11-16/h3-4,6,8,13H,2,9-11,16H2,1H3. The summed E-state index contributed by atoms with van der Waals surface area (Å²) in [5.74, 6) is 5.86. The number of rotatable bonds is 3. The van der Waals surface area contributed by atoms with Crippen LogP contribution < -0.4 is 5.73 Å². The molecule has 3 heteroatoms. The zero-order valence-electron chi connectivity index (χ0n) is 10.6. The molecule has 18 heavy (non-hydrogen) atoms. The lowest BCUT2D eigenvalue weighted by molar-refractivity contribution is 0.0752. The Hall–Kier alpha value is -1.79. The van der Waals surface area contributed by atoms with E-state index in [1.165, 1.54) is 0 Å². The fraction of sp³-hybridized carbons (Fsp3) is 0.400. The highest BCUT2D eigenvalue weighted by Gasteiger charge is 2.32. The van der Waals surface area contributed by atoms with Crippen molar-refractivity contribution >= 4 is 5.91 Å². The summed E-state index contributed by atoms with van der Waals surface area (Å²) in [5.41, 5.74) is 6.84. The van der Waals surface area contributed by atoms with Gasteiger partial charge in [0.2, 0.25) is 0 Å². The Labute approximate surface area is 108 Å². The molecule has 0 saturated heterocycles. The van der Waals surface area contributed by atoms with Gasteiger partial charge in [-0.2, -0.15) is 0 Å². The van der Waals surface area contributed by atoms with Crippen LogP contribution in [0.3, 0.4) is 0 Å². The molecule has 1 fully saturated rings. The third kappa shape index (κ3) is 2.72. The van der Waals surface area contributed by atoms with Crippen LogP contribution in [-0.2, 0) is 0 Å². The Morgan fingerprint density at radius 1 is 1.44 bits per heavy atom. The second kappa shape index (κ2) is 5.70. The molecule has 0 heterocycles. The van der Waals surface area contributed by atoms with Gasteiger partial charge in [-0.05, 0) is 31.9 Å². The largest absolute Gasteiger partial charge is 0.336 e. The predicted molar refractivity (Wildman–Crippen MR) is 72.1 cm³/mol.